The van der Waals surface area contributed by atoms with E-state index in [0.29, 0.717) is 17.7 Å². The van der Waals surface area contributed by atoms with E-state index < -0.39 is 117 Å². The third kappa shape index (κ3) is 28.2. The third-order valence-electron chi connectivity index (χ3n) is 12.9. The Hall–Kier alpha value is -6.36. The molecule has 7 amide bonds. The van der Waals surface area contributed by atoms with Crippen molar-refractivity contribution in [1.29, 1.82) is 0 Å². The first-order valence-corrected chi connectivity index (χ1v) is 31.3. The summed E-state index contributed by atoms with van der Waals surface area (Å²) in [4.78, 5) is 125. The maximum atomic E-state index is 14.5. The van der Waals surface area contributed by atoms with Crippen LogP contribution in [0.1, 0.15) is 112 Å². The zero-order valence-electron chi connectivity index (χ0n) is 48.6. The van der Waals surface area contributed by atoms with Gasteiger partial charge in [0.1, 0.15) is 36.3 Å². The van der Waals surface area contributed by atoms with E-state index in [1.165, 1.54) is 30.8 Å². The van der Waals surface area contributed by atoms with Gasteiger partial charge in [0.05, 0.1) is 23.0 Å². The number of carboxylic acids is 1. The molecule has 0 aliphatic rings. The van der Waals surface area contributed by atoms with Crippen molar-refractivity contribution in [3.8, 4) is 0 Å². The van der Waals surface area contributed by atoms with Gasteiger partial charge in [-0.3, -0.25) is 43.3 Å². The lowest BCUT2D eigenvalue weighted by Gasteiger charge is -2.28. The Balaban J connectivity index is 2.40. The van der Waals surface area contributed by atoms with Crippen LogP contribution in [0.4, 0.5) is 3.89 Å². The van der Waals surface area contributed by atoms with Crippen LogP contribution >= 0.6 is 23.5 Å². The summed E-state index contributed by atoms with van der Waals surface area (Å²) in [7, 11) is -5.15. The summed E-state index contributed by atoms with van der Waals surface area (Å²) in [6, 6.07) is 2.69. The molecular formula is C55H87FN12O12S3. The van der Waals surface area contributed by atoms with Gasteiger partial charge in [0.2, 0.25) is 41.4 Å². The molecule has 24 nitrogen and oxygen atoms in total. The van der Waals surface area contributed by atoms with Crippen LogP contribution in [-0.2, 0) is 59.8 Å². The van der Waals surface area contributed by atoms with Gasteiger partial charge in [0.25, 0.3) is 0 Å². The highest BCUT2D eigenvalue weighted by atomic mass is 32.3. The number of carbonyl (C=O) groups is 9. The minimum absolute atomic E-state index is 0.00605. The van der Waals surface area contributed by atoms with Crippen LogP contribution in [-0.4, -0.2) is 151 Å². The number of unbranched alkanes of at least 4 members (excludes halogenated alkanes) is 1. The minimum Gasteiger partial charge on any atom is -0.480 e. The lowest BCUT2D eigenvalue weighted by Crippen LogP contribution is -2.60. The van der Waals surface area contributed by atoms with Gasteiger partial charge >= 0.3 is 16.2 Å². The Morgan fingerprint density at radius 2 is 1.14 bits per heavy atom. The number of carbonyl (C=O) groups excluding carboxylic acids is 8. The van der Waals surface area contributed by atoms with E-state index in [1.807, 2.05) is 6.26 Å². The van der Waals surface area contributed by atoms with Gasteiger partial charge in [-0.05, 0) is 105 Å². The number of aliphatic imine (C=N–C) groups is 1. The van der Waals surface area contributed by atoms with E-state index in [0.717, 1.165) is 23.9 Å². The van der Waals surface area contributed by atoms with Crippen molar-refractivity contribution < 1.29 is 60.6 Å². The van der Waals surface area contributed by atoms with Crippen LogP contribution in [0.25, 0.3) is 0 Å². The largest absolute Gasteiger partial charge is 0.480 e. The number of nitrogens with zero attached hydrogens (tertiary/aromatic N) is 1. The number of thioether (sulfide) groups is 2. The number of amides is 7. The van der Waals surface area contributed by atoms with Gasteiger partial charge in [0, 0.05) is 30.0 Å². The molecule has 0 aliphatic carbocycles. The summed E-state index contributed by atoms with van der Waals surface area (Å²) >= 11 is 2.35. The predicted octanol–water partition coefficient (Wildman–Crippen LogP) is 1.52. The Morgan fingerprint density at radius 1 is 0.614 bits per heavy atom. The molecule has 2 aromatic rings. The molecule has 0 saturated heterocycles. The molecule has 28 heteroatoms. The van der Waals surface area contributed by atoms with Crippen molar-refractivity contribution in [2.24, 2.45) is 45.7 Å². The quantitative estimate of drug-likeness (QED) is 0.0148. The number of aliphatic carboxylic acids is 1. The standard InChI is InChI=1S/C55H87FN12O12S3/c1-31(2)26-41(50(73)66-42(28-35-16-10-9-11-17-35)51(74)67-43(54(77)78)27-32(3)4)65-52(75)44(30-82-36-18-14-19-37(29-36)83(56,79)80)68-49(72)39(21-15-24-61-55(59)60)63-47(70)38(57)20-12-13-22-45(69)34(7)62-48(71)40(23-25-81-8)64-53(76)46(58)33(5)6/h9-11,14,16-19,29,31-34,38-44,46H,12-13,15,20-28,30,57-58H2,1-8H3,(H,62,71)(H,63,70)(H,64,76)(H,65,75)(H,66,73)(H,67,74)(H,68,72)(H,77,78)(H4,59,60,61)/t34-,38-,39-,40-,41?,42-,43-,44-,46-/m0/s1. The van der Waals surface area contributed by atoms with E-state index in [1.54, 1.807) is 71.9 Å². The molecule has 0 aliphatic heterocycles. The normalized spacial score (nSPS) is 14.8. The highest BCUT2D eigenvalue weighted by Gasteiger charge is 2.34. The fourth-order valence-corrected chi connectivity index (χ4v) is 10.2. The van der Waals surface area contributed by atoms with Crippen LogP contribution in [0, 0.1) is 17.8 Å². The van der Waals surface area contributed by atoms with Crippen LogP contribution in [0.5, 0.6) is 0 Å². The minimum atomic E-state index is -5.15. The van der Waals surface area contributed by atoms with Crippen molar-refractivity contribution in [2.75, 3.05) is 24.3 Å². The molecule has 0 bridgehead atoms. The average molecular weight is 1220 g/mol. The Kier molecular flexibility index (Phi) is 32.5. The Bertz CT molecular complexity index is 2610. The van der Waals surface area contributed by atoms with Crippen LogP contribution in [0.15, 0.2) is 69.4 Å². The molecular weight excluding hydrogens is 1140 g/mol. The lowest BCUT2D eigenvalue weighted by molar-refractivity contribution is -0.142. The van der Waals surface area contributed by atoms with Crippen LogP contribution in [0.3, 0.4) is 0 Å². The number of nitrogens with one attached hydrogen (secondary N) is 7. The molecule has 16 N–H and O–H groups in total. The summed E-state index contributed by atoms with van der Waals surface area (Å²) < 4.78 is 37.7. The Labute approximate surface area is 495 Å². The SMILES string of the molecule is CSCC[C@H](NC(=O)[C@@H](N)C(C)C)C(=O)N[C@@H](C)C(=O)CCCC[C@H](N)C(=O)N[C@@H](CCCN=C(N)N)C(=O)N[C@@H](CSc1cccc(S(=O)(=O)F)c1)C(=O)NC(CC(C)C)C(=O)N[C@@H](Cc1ccccc1)C(=O)N[C@@H](CC(C)C)C(=O)O. The first kappa shape index (κ1) is 72.7. The molecule has 0 radical (unpaired) electrons. The smallest absolute Gasteiger partial charge is 0.332 e. The first-order chi connectivity index (χ1) is 38.9. The lowest BCUT2D eigenvalue weighted by atomic mass is 9.99. The summed E-state index contributed by atoms with van der Waals surface area (Å²) in [6.45, 7) is 12.2. The van der Waals surface area contributed by atoms with Gasteiger partial charge in [-0.15, -0.1) is 15.6 Å². The first-order valence-electron chi connectivity index (χ1n) is 27.6. The molecule has 0 aromatic heterocycles. The van der Waals surface area contributed by atoms with Crippen molar-refractivity contribution in [2.45, 2.75) is 177 Å². The number of Topliss-reactive ketones (excluding diaryl/α,β-unsaturated/α-hetero) is 1. The van der Waals surface area contributed by atoms with E-state index in [9.17, 15) is 60.6 Å². The maximum absolute atomic E-state index is 14.5. The molecule has 2 aromatic carbocycles. The van der Waals surface area contributed by atoms with Gasteiger partial charge < -0.3 is 65.3 Å². The van der Waals surface area contributed by atoms with E-state index in [-0.39, 0.29) is 104 Å². The van der Waals surface area contributed by atoms with Crippen molar-refractivity contribution in [3.63, 3.8) is 0 Å². The van der Waals surface area contributed by atoms with Gasteiger partial charge in [-0.25, -0.2) is 4.79 Å². The number of carboxylic acid groups (broad SMARTS) is 1. The molecule has 0 spiro atoms. The van der Waals surface area contributed by atoms with E-state index in [2.05, 4.69) is 42.2 Å². The fourth-order valence-electron chi connectivity index (χ4n) is 8.15. The monoisotopic (exact) mass is 1220 g/mol. The molecule has 0 fully saturated rings. The molecule has 2 rings (SSSR count). The highest BCUT2D eigenvalue weighted by molar-refractivity contribution is 7.99. The maximum Gasteiger partial charge on any atom is 0.332 e. The van der Waals surface area contributed by atoms with Crippen LogP contribution in [0.2, 0.25) is 0 Å². The zero-order valence-corrected chi connectivity index (χ0v) is 51.1. The second kappa shape index (κ2) is 37.1. The van der Waals surface area contributed by atoms with Gasteiger partial charge in [-0.2, -0.15) is 20.2 Å². The fraction of sp³-hybridized carbons (Fsp3) is 0.600. The Morgan fingerprint density at radius 3 is 1.73 bits per heavy atom. The number of benzene rings is 2. The summed E-state index contributed by atoms with van der Waals surface area (Å²) in [6.07, 6.45) is 2.86. The number of ketones is 1. The van der Waals surface area contributed by atoms with Crippen LogP contribution < -0.4 is 60.2 Å². The van der Waals surface area contributed by atoms with Crippen molar-refractivity contribution >= 4 is 92.8 Å². The predicted molar refractivity (Wildman–Crippen MR) is 319 cm³/mol. The second-order valence-corrected chi connectivity index (χ2v) is 24.9. The number of rotatable bonds is 39. The molecule has 464 valence electrons. The number of hydrogen-bond acceptors (Lipinski definition) is 16. The van der Waals surface area contributed by atoms with Crippen molar-refractivity contribution in [1.82, 2.24) is 37.2 Å². The average Bonchev–Trinajstić information content (AvgIpc) is 3.45. The molecule has 1 unspecified atom stereocenters. The topological polar surface area (TPSA) is 409 Å². The summed E-state index contributed by atoms with van der Waals surface area (Å²) in [5, 5.41) is 28.5. The second-order valence-electron chi connectivity index (χ2n) is 21.4. The van der Waals surface area contributed by atoms with Gasteiger partial charge in [0.15, 0.2) is 11.7 Å². The summed E-state index contributed by atoms with van der Waals surface area (Å²) in [5.74, 6) is -7.34. The van der Waals surface area contributed by atoms with Gasteiger partial charge in [-0.1, -0.05) is 84.4 Å². The molecule has 83 heavy (non-hydrogen) atoms. The zero-order chi connectivity index (χ0) is 62.6. The number of hydrogen-bond donors (Lipinski definition) is 12. The highest BCUT2D eigenvalue weighted by Crippen LogP contribution is 2.24. The van der Waals surface area contributed by atoms with E-state index in [4.69, 9.17) is 22.9 Å². The number of guanidine groups is 1. The molecule has 0 heterocycles. The number of nitrogens with two attached hydrogens (primary N) is 4. The summed E-state index contributed by atoms with van der Waals surface area (Å²) in [5.41, 5.74) is 24.0. The molecule has 9 atom stereocenters. The third-order valence-corrected chi connectivity index (χ3v) is 15.5. The molecule has 0 saturated carbocycles. The number of halogens is 1. The van der Waals surface area contributed by atoms with Crippen molar-refractivity contribution in [3.05, 3.63) is 60.2 Å². The van der Waals surface area contributed by atoms with E-state index >= 15 is 0 Å².